The topological polar surface area (TPSA) is 68.3 Å². The van der Waals surface area contributed by atoms with E-state index in [0.29, 0.717) is 11.3 Å². The van der Waals surface area contributed by atoms with Gasteiger partial charge in [0, 0.05) is 17.8 Å². The van der Waals surface area contributed by atoms with Gasteiger partial charge < -0.3 is 10.1 Å². The van der Waals surface area contributed by atoms with Crippen LogP contribution in [0, 0.1) is 5.92 Å². The summed E-state index contributed by atoms with van der Waals surface area (Å²) in [6.07, 6.45) is 3.61. The predicted molar refractivity (Wildman–Crippen MR) is 79.0 cm³/mol. The smallest absolute Gasteiger partial charge is 0.338 e. The fourth-order valence-corrected chi connectivity index (χ4v) is 2.32. The van der Waals surface area contributed by atoms with Crippen LogP contribution in [0.1, 0.15) is 28.1 Å². The number of nitrogens with zero attached hydrogens (tertiary/aromatic N) is 1. The molecule has 1 fully saturated rings. The maximum absolute atomic E-state index is 11.9. The van der Waals surface area contributed by atoms with E-state index in [1.165, 1.54) is 11.3 Å². The first kappa shape index (κ1) is 13.8. The number of benzene rings is 1. The Morgan fingerprint density at radius 2 is 2.05 bits per heavy atom. The van der Waals surface area contributed by atoms with E-state index in [-0.39, 0.29) is 24.4 Å². The van der Waals surface area contributed by atoms with Crippen molar-refractivity contribution in [1.82, 2.24) is 4.98 Å². The normalized spacial score (nSPS) is 13.7. The zero-order chi connectivity index (χ0) is 14.7. The highest BCUT2D eigenvalue weighted by molar-refractivity contribution is 7.09. The van der Waals surface area contributed by atoms with Gasteiger partial charge in [-0.05, 0) is 37.1 Å². The third kappa shape index (κ3) is 3.66. The fraction of sp³-hybridized carbons (Fsp3) is 0.267. The fourth-order valence-electron chi connectivity index (χ4n) is 1.81. The second kappa shape index (κ2) is 6.05. The Kier molecular flexibility index (Phi) is 3.96. The van der Waals surface area contributed by atoms with Crippen molar-refractivity contribution in [2.45, 2.75) is 19.4 Å². The van der Waals surface area contributed by atoms with Crippen LogP contribution in [-0.2, 0) is 16.1 Å². The van der Waals surface area contributed by atoms with Crippen LogP contribution >= 0.6 is 11.3 Å². The number of esters is 1. The quantitative estimate of drug-likeness (QED) is 0.862. The van der Waals surface area contributed by atoms with Crippen molar-refractivity contribution in [3.8, 4) is 0 Å². The third-order valence-corrected chi connectivity index (χ3v) is 3.92. The molecule has 0 saturated heterocycles. The van der Waals surface area contributed by atoms with E-state index in [2.05, 4.69) is 10.3 Å². The van der Waals surface area contributed by atoms with E-state index in [1.807, 2.05) is 0 Å². The predicted octanol–water partition coefficient (Wildman–Crippen LogP) is 2.85. The molecule has 0 unspecified atom stereocenters. The molecule has 0 atom stereocenters. The van der Waals surface area contributed by atoms with E-state index >= 15 is 0 Å². The van der Waals surface area contributed by atoms with Gasteiger partial charge in [-0.25, -0.2) is 4.79 Å². The summed E-state index contributed by atoms with van der Waals surface area (Å²) in [6, 6.07) is 6.72. The molecule has 3 rings (SSSR count). The number of ether oxygens (including phenoxy) is 1. The second-order valence-corrected chi connectivity index (χ2v) is 5.86. The van der Waals surface area contributed by atoms with Crippen molar-refractivity contribution in [3.05, 3.63) is 46.4 Å². The first-order chi connectivity index (χ1) is 10.2. The number of nitrogens with one attached hydrogen (secondary N) is 1. The maximum atomic E-state index is 11.9. The first-order valence-electron chi connectivity index (χ1n) is 6.68. The van der Waals surface area contributed by atoms with E-state index in [1.54, 1.807) is 36.0 Å². The Morgan fingerprint density at radius 1 is 1.29 bits per heavy atom. The number of hydrogen-bond acceptors (Lipinski definition) is 5. The van der Waals surface area contributed by atoms with E-state index in [9.17, 15) is 9.59 Å². The molecule has 1 aromatic heterocycles. The zero-order valence-electron chi connectivity index (χ0n) is 11.2. The van der Waals surface area contributed by atoms with Crippen molar-refractivity contribution in [2.24, 2.45) is 5.92 Å². The summed E-state index contributed by atoms with van der Waals surface area (Å²) in [7, 11) is 0. The van der Waals surface area contributed by atoms with Crippen molar-refractivity contribution < 1.29 is 14.3 Å². The standard InChI is InChI=1S/C15H14N2O3S/c18-14(10-1-2-10)17-12-5-3-11(4-6-12)15(19)20-8-13-7-16-9-21-13/h3-7,9-10H,1-2,8H2,(H,17,18). The Balaban J connectivity index is 1.55. The van der Waals surface area contributed by atoms with Gasteiger partial charge >= 0.3 is 5.97 Å². The summed E-state index contributed by atoms with van der Waals surface area (Å²) in [4.78, 5) is 28.3. The number of carbonyl (C=O) groups excluding carboxylic acids is 2. The lowest BCUT2D eigenvalue weighted by Gasteiger charge is -2.06. The molecule has 0 aliphatic heterocycles. The van der Waals surface area contributed by atoms with Gasteiger partial charge in [-0.2, -0.15) is 0 Å². The molecule has 0 spiro atoms. The Hall–Kier alpha value is -2.21. The van der Waals surface area contributed by atoms with Crippen molar-refractivity contribution in [2.75, 3.05) is 5.32 Å². The molecule has 2 aromatic rings. The summed E-state index contributed by atoms with van der Waals surface area (Å²) < 4.78 is 5.19. The molecule has 108 valence electrons. The van der Waals surface area contributed by atoms with Gasteiger partial charge in [-0.1, -0.05) is 0 Å². The van der Waals surface area contributed by atoms with Gasteiger partial charge in [0.15, 0.2) is 0 Å². The SMILES string of the molecule is O=C(OCc1cncs1)c1ccc(NC(=O)C2CC2)cc1. The molecule has 1 N–H and O–H groups in total. The van der Waals surface area contributed by atoms with Gasteiger partial charge in [0.1, 0.15) is 6.61 Å². The molecular weight excluding hydrogens is 288 g/mol. The van der Waals surface area contributed by atoms with E-state index in [4.69, 9.17) is 4.74 Å². The first-order valence-corrected chi connectivity index (χ1v) is 7.56. The minimum Gasteiger partial charge on any atom is -0.456 e. The number of carbonyl (C=O) groups is 2. The Morgan fingerprint density at radius 3 is 2.67 bits per heavy atom. The molecule has 1 aliphatic rings. The van der Waals surface area contributed by atoms with Crippen molar-refractivity contribution >= 4 is 28.9 Å². The van der Waals surface area contributed by atoms with Gasteiger partial charge in [0.2, 0.25) is 5.91 Å². The van der Waals surface area contributed by atoms with Crippen LogP contribution in [0.3, 0.4) is 0 Å². The number of rotatable bonds is 5. The Labute approximate surface area is 126 Å². The number of aromatic nitrogens is 1. The molecule has 1 heterocycles. The van der Waals surface area contributed by atoms with Crippen LogP contribution in [0.5, 0.6) is 0 Å². The Bertz CT molecular complexity index is 633. The summed E-state index contributed by atoms with van der Waals surface area (Å²) in [6.45, 7) is 0.226. The summed E-state index contributed by atoms with van der Waals surface area (Å²) in [5, 5.41) is 2.83. The van der Waals surface area contributed by atoms with E-state index in [0.717, 1.165) is 17.7 Å². The van der Waals surface area contributed by atoms with Gasteiger partial charge in [-0.15, -0.1) is 11.3 Å². The highest BCUT2D eigenvalue weighted by Gasteiger charge is 2.29. The van der Waals surface area contributed by atoms with Gasteiger partial charge in [0.25, 0.3) is 0 Å². The summed E-state index contributed by atoms with van der Waals surface area (Å²) >= 11 is 1.44. The lowest BCUT2D eigenvalue weighted by molar-refractivity contribution is -0.117. The van der Waals surface area contributed by atoms with Gasteiger partial charge in [-0.3, -0.25) is 9.78 Å². The zero-order valence-corrected chi connectivity index (χ0v) is 12.1. The van der Waals surface area contributed by atoms with E-state index < -0.39 is 0 Å². The molecule has 0 radical (unpaired) electrons. The number of thiazole rings is 1. The minimum absolute atomic E-state index is 0.0514. The van der Waals surface area contributed by atoms with Crippen LogP contribution in [0.25, 0.3) is 0 Å². The van der Waals surface area contributed by atoms with Crippen LogP contribution < -0.4 is 5.32 Å². The van der Waals surface area contributed by atoms with Gasteiger partial charge in [0.05, 0.1) is 16.0 Å². The molecule has 6 heteroatoms. The molecule has 1 amide bonds. The highest BCUT2D eigenvalue weighted by atomic mass is 32.1. The molecular formula is C15H14N2O3S. The average molecular weight is 302 g/mol. The van der Waals surface area contributed by atoms with Crippen molar-refractivity contribution in [1.29, 1.82) is 0 Å². The monoisotopic (exact) mass is 302 g/mol. The second-order valence-electron chi connectivity index (χ2n) is 4.88. The van der Waals surface area contributed by atoms with Crippen LogP contribution in [0.15, 0.2) is 36.0 Å². The number of anilines is 1. The molecule has 1 aliphatic carbocycles. The third-order valence-electron chi connectivity index (χ3n) is 3.17. The lowest BCUT2D eigenvalue weighted by atomic mass is 10.2. The maximum Gasteiger partial charge on any atom is 0.338 e. The molecule has 1 aromatic carbocycles. The molecule has 0 bridgehead atoms. The van der Waals surface area contributed by atoms with Crippen molar-refractivity contribution in [3.63, 3.8) is 0 Å². The number of hydrogen-bond donors (Lipinski definition) is 1. The van der Waals surface area contributed by atoms with Crippen LogP contribution in [-0.4, -0.2) is 16.9 Å². The molecule has 1 saturated carbocycles. The van der Waals surface area contributed by atoms with Crippen LogP contribution in [0.4, 0.5) is 5.69 Å². The average Bonchev–Trinajstić information content (AvgIpc) is 3.23. The minimum atomic E-state index is -0.386. The highest BCUT2D eigenvalue weighted by Crippen LogP contribution is 2.30. The van der Waals surface area contributed by atoms with Crippen LogP contribution in [0.2, 0.25) is 0 Å². The summed E-state index contributed by atoms with van der Waals surface area (Å²) in [5.74, 6) is -0.173. The lowest BCUT2D eigenvalue weighted by Crippen LogP contribution is -2.13. The summed E-state index contributed by atoms with van der Waals surface area (Å²) in [5.41, 5.74) is 2.86. The molecule has 5 nitrogen and oxygen atoms in total. The molecule has 21 heavy (non-hydrogen) atoms. The largest absolute Gasteiger partial charge is 0.456 e. The number of amides is 1.